The minimum absolute atomic E-state index is 0. The van der Waals surface area contributed by atoms with Gasteiger partial charge in [-0.25, -0.2) is 0 Å². The van der Waals surface area contributed by atoms with E-state index in [1.54, 1.807) is 0 Å². The van der Waals surface area contributed by atoms with Gasteiger partial charge in [-0.2, -0.15) is 25.3 Å². The first kappa shape index (κ1) is 26.7. The second-order valence-corrected chi connectivity index (χ2v) is 10.4. The summed E-state index contributed by atoms with van der Waals surface area (Å²) >= 11 is 0. The maximum atomic E-state index is 11.8. The average Bonchev–Trinajstić information content (AvgIpc) is 2.57. The first-order valence-electron chi connectivity index (χ1n) is 7.61. The van der Waals surface area contributed by atoms with Gasteiger partial charge in [-0.1, -0.05) is 18.2 Å². The van der Waals surface area contributed by atoms with Crippen LogP contribution in [-0.4, -0.2) is 44.0 Å². The molecule has 0 fully saturated rings. The predicted octanol–water partition coefficient (Wildman–Crippen LogP) is -3.74. The molecule has 0 unspecified atom stereocenters. The Morgan fingerprint density at radius 2 is 0.839 bits per heavy atom. The van der Waals surface area contributed by atoms with Gasteiger partial charge in [-0.05, 0) is 12.1 Å². The first-order chi connectivity index (χ1) is 13.2. The van der Waals surface area contributed by atoms with Gasteiger partial charge in [0, 0.05) is 38.4 Å². The van der Waals surface area contributed by atoms with Gasteiger partial charge in [-0.15, -0.1) is 0 Å². The number of phenols is 1. The zero-order chi connectivity index (χ0) is 21.5. The van der Waals surface area contributed by atoms with Crippen LogP contribution in [0.3, 0.4) is 0 Å². The monoisotopic (exact) mass is 506 g/mol. The number of hydrogen-bond donors (Lipinski definition) is 4. The minimum Gasteiger partial charge on any atom is -1.00 e. The van der Waals surface area contributed by atoms with E-state index in [4.69, 9.17) is 0 Å². The Balaban J connectivity index is 0.00000256. The molecule has 0 bridgehead atoms. The molecular weight excluding hydrogens is 494 g/mol. The third-order valence-corrected chi connectivity index (χ3v) is 7.28. The topological polar surface area (TPSA) is 183 Å². The Hall–Kier alpha value is -0.550. The summed E-state index contributed by atoms with van der Waals surface area (Å²) in [6.07, 6.45) is 0. The smallest absolute Gasteiger partial charge is 1.00 e. The van der Waals surface area contributed by atoms with Crippen molar-refractivity contribution in [2.24, 2.45) is 0 Å². The van der Waals surface area contributed by atoms with Crippen LogP contribution < -0.4 is 59.1 Å². The van der Waals surface area contributed by atoms with E-state index in [9.17, 15) is 44.0 Å². The Kier molecular flexibility index (Phi) is 7.19. The van der Waals surface area contributed by atoms with Crippen LogP contribution in [0.25, 0.3) is 32.3 Å². The molecule has 0 atom stereocenters. The van der Waals surface area contributed by atoms with Gasteiger partial charge in [0.25, 0.3) is 30.4 Å². The van der Waals surface area contributed by atoms with Crippen molar-refractivity contribution >= 4 is 62.7 Å². The Morgan fingerprint density at radius 1 is 0.548 bits per heavy atom. The fourth-order valence-electron chi connectivity index (χ4n) is 3.52. The third-order valence-electron chi connectivity index (χ3n) is 4.60. The van der Waals surface area contributed by atoms with E-state index in [-0.39, 0.29) is 94.3 Å². The number of hydrogen-bond acceptors (Lipinski definition) is 7. The number of aromatic hydroxyl groups is 1. The molecule has 0 aliphatic carbocycles. The van der Waals surface area contributed by atoms with Gasteiger partial charge in [0.1, 0.15) is 20.4 Å². The molecule has 4 aromatic carbocycles. The van der Waals surface area contributed by atoms with Crippen molar-refractivity contribution < 1.29 is 106 Å². The third kappa shape index (κ3) is 4.35. The normalized spacial score (nSPS) is 12.7. The molecule has 0 aliphatic heterocycles. The Labute approximate surface area is 223 Å². The molecule has 0 aliphatic rings. The number of benzene rings is 4. The van der Waals surface area contributed by atoms with Crippen LogP contribution >= 0.6 is 0 Å². The van der Waals surface area contributed by atoms with Crippen LogP contribution in [0.2, 0.25) is 0 Å². The van der Waals surface area contributed by atoms with Gasteiger partial charge >= 0.3 is 59.1 Å². The maximum absolute atomic E-state index is 11.8. The molecule has 0 saturated heterocycles. The molecule has 4 rings (SSSR count). The summed E-state index contributed by atoms with van der Waals surface area (Å²) in [4.78, 5) is -2.38. The van der Waals surface area contributed by atoms with E-state index >= 15 is 0 Å². The molecule has 10 nitrogen and oxygen atoms in total. The summed E-state index contributed by atoms with van der Waals surface area (Å²) in [6.45, 7) is 0. The van der Waals surface area contributed by atoms with E-state index in [1.807, 2.05) is 0 Å². The van der Waals surface area contributed by atoms with E-state index in [0.717, 1.165) is 18.2 Å². The zero-order valence-corrected chi connectivity index (χ0v) is 22.4. The van der Waals surface area contributed by atoms with Crippen molar-refractivity contribution in [1.29, 1.82) is 0 Å². The van der Waals surface area contributed by atoms with Crippen molar-refractivity contribution in [2.75, 3.05) is 0 Å². The molecule has 0 amide bonds. The standard InChI is InChI=1S/C16H10O10S3.2Na.2H/c17-11-5-12(27(18,19)20)8-3-4-10-14(29(24,25)26)6-13(28(21,22)23)9-2-1-7(11)15(8)16(9)10;;;;/h1-6,17H,(H,18,19,20)(H,21,22,23)(H,24,25,26);;;;/q;2*+1;2*-1. The number of phenolic OH excluding ortho intramolecular Hbond substituents is 1. The second kappa shape index (κ2) is 8.34. The van der Waals surface area contributed by atoms with Crippen molar-refractivity contribution in [3.05, 3.63) is 36.4 Å². The number of rotatable bonds is 3. The van der Waals surface area contributed by atoms with E-state index in [1.165, 1.54) is 12.1 Å². The van der Waals surface area contributed by atoms with E-state index in [0.29, 0.717) is 6.07 Å². The Bertz CT molecular complexity index is 1640. The molecule has 0 spiro atoms. The van der Waals surface area contributed by atoms with Crippen molar-refractivity contribution in [2.45, 2.75) is 14.7 Å². The van der Waals surface area contributed by atoms with Crippen LogP contribution in [0.15, 0.2) is 51.1 Å². The average molecular weight is 506 g/mol. The van der Waals surface area contributed by atoms with Gasteiger partial charge in [0.15, 0.2) is 0 Å². The van der Waals surface area contributed by atoms with Crippen molar-refractivity contribution in [1.82, 2.24) is 0 Å². The summed E-state index contributed by atoms with van der Waals surface area (Å²) in [6, 6.07) is 6.07. The quantitative estimate of drug-likeness (QED) is 0.122. The summed E-state index contributed by atoms with van der Waals surface area (Å²) < 4.78 is 99.5. The van der Waals surface area contributed by atoms with Gasteiger partial charge in [-0.3, -0.25) is 13.7 Å². The van der Waals surface area contributed by atoms with Gasteiger partial charge in [0.2, 0.25) is 0 Å². The largest absolute Gasteiger partial charge is 1.00 e. The summed E-state index contributed by atoms with van der Waals surface area (Å²) in [7, 11) is -14.8. The van der Waals surface area contributed by atoms with E-state index in [2.05, 4.69) is 0 Å². The molecule has 0 aromatic heterocycles. The van der Waals surface area contributed by atoms with Gasteiger partial charge in [0.05, 0.1) is 0 Å². The second-order valence-electron chi connectivity index (χ2n) is 6.26. The van der Waals surface area contributed by atoms with Crippen LogP contribution in [0.4, 0.5) is 0 Å². The molecule has 31 heavy (non-hydrogen) atoms. The summed E-state index contributed by atoms with van der Waals surface area (Å²) in [5.41, 5.74) is 0. The fourth-order valence-corrected chi connectivity index (χ4v) is 5.73. The zero-order valence-electron chi connectivity index (χ0n) is 17.9. The van der Waals surface area contributed by atoms with Crippen LogP contribution in [-0.2, 0) is 30.4 Å². The van der Waals surface area contributed by atoms with Crippen LogP contribution in [0.5, 0.6) is 5.75 Å². The molecule has 4 aromatic rings. The van der Waals surface area contributed by atoms with Crippen molar-refractivity contribution in [3.8, 4) is 5.75 Å². The molecular formula is C16H12Na2O10S3. The van der Waals surface area contributed by atoms with Gasteiger partial charge < -0.3 is 7.96 Å². The summed E-state index contributed by atoms with van der Waals surface area (Å²) in [5.74, 6) is -0.579. The fraction of sp³-hybridized carbons (Fsp3) is 0. The Morgan fingerprint density at radius 3 is 1.19 bits per heavy atom. The van der Waals surface area contributed by atoms with Crippen molar-refractivity contribution in [3.63, 3.8) is 0 Å². The molecule has 0 saturated carbocycles. The molecule has 156 valence electrons. The maximum Gasteiger partial charge on any atom is 1.00 e. The molecule has 4 N–H and O–H groups in total. The summed E-state index contributed by atoms with van der Waals surface area (Å²) in [5, 5.41) is 9.54. The predicted molar refractivity (Wildman–Crippen MR) is 103 cm³/mol. The van der Waals surface area contributed by atoms with E-state index < -0.39 is 50.8 Å². The van der Waals surface area contributed by atoms with Crippen LogP contribution in [0, 0.1) is 0 Å². The van der Waals surface area contributed by atoms with Crippen LogP contribution in [0.1, 0.15) is 2.85 Å². The molecule has 0 radical (unpaired) electrons. The molecule has 15 heteroatoms. The molecule has 0 heterocycles. The minimum atomic E-state index is -4.96. The first-order valence-corrected chi connectivity index (χ1v) is 11.9. The SMILES string of the molecule is O=S(=O)(O)c1cc(O)c2ccc3c(S(=O)(=O)O)cc(S(=O)(=O)O)c4ccc1c2c34.[H-].[H-].[Na+].[Na+].